The molecule has 0 aromatic rings. The van der Waals surface area contributed by atoms with Crippen molar-refractivity contribution < 1.29 is 38.1 Å². The van der Waals surface area contributed by atoms with Gasteiger partial charge >= 0.3 is 0 Å². The average Bonchev–Trinajstić information content (AvgIpc) is 2.18. The number of aliphatic hydroxyl groups excluding tert-OH is 3. The number of hydrogen-bond acceptors (Lipinski definition) is 8. The van der Waals surface area contributed by atoms with E-state index in [4.69, 9.17) is 20.0 Å². The molecular formula is C6H9NO8S. The van der Waals surface area contributed by atoms with E-state index < -0.39 is 39.7 Å². The van der Waals surface area contributed by atoms with Crippen LogP contribution in [-0.2, 0) is 14.9 Å². The molecule has 0 amide bonds. The lowest BCUT2D eigenvalue weighted by Gasteiger charge is -2.41. The SMILES string of the molecule is N#C[C@]1(O)[C@H](O)C(S(=O)(=O)O)O[C@@H](O)[C@@H]1O. The fourth-order valence-electron chi connectivity index (χ4n) is 1.25. The van der Waals surface area contributed by atoms with Crippen molar-refractivity contribution in [2.24, 2.45) is 0 Å². The van der Waals surface area contributed by atoms with Gasteiger partial charge in [-0.3, -0.25) is 4.55 Å². The van der Waals surface area contributed by atoms with Gasteiger partial charge in [0.05, 0.1) is 0 Å². The number of nitrogens with zero attached hydrogens (tertiary/aromatic N) is 1. The Hall–Kier alpha value is -0.800. The van der Waals surface area contributed by atoms with E-state index in [0.717, 1.165) is 6.07 Å². The van der Waals surface area contributed by atoms with Crippen molar-refractivity contribution in [1.29, 1.82) is 5.26 Å². The molecule has 1 aliphatic heterocycles. The van der Waals surface area contributed by atoms with E-state index in [0.29, 0.717) is 0 Å². The van der Waals surface area contributed by atoms with Crippen LogP contribution >= 0.6 is 0 Å². The second-order valence-electron chi connectivity index (χ2n) is 3.24. The van der Waals surface area contributed by atoms with Gasteiger partial charge in [0.25, 0.3) is 10.1 Å². The van der Waals surface area contributed by atoms with Crippen LogP contribution in [0.4, 0.5) is 0 Å². The first-order valence-electron chi connectivity index (χ1n) is 3.94. The van der Waals surface area contributed by atoms with E-state index in [9.17, 15) is 18.6 Å². The lowest BCUT2D eigenvalue weighted by Crippen LogP contribution is -2.67. The summed E-state index contributed by atoms with van der Waals surface area (Å²) in [6.45, 7) is 0. The third kappa shape index (κ3) is 1.89. The maximum atomic E-state index is 10.7. The summed E-state index contributed by atoms with van der Waals surface area (Å²) in [5, 5.41) is 45.5. The largest absolute Gasteiger partial charge is 0.385 e. The van der Waals surface area contributed by atoms with Crippen molar-refractivity contribution in [2.45, 2.75) is 29.5 Å². The van der Waals surface area contributed by atoms with Gasteiger partial charge in [-0.2, -0.15) is 13.7 Å². The standard InChI is InChI=1S/C6H9NO8S/c7-1-6(11)2(8)4(10)15-5(3(6)9)16(12,13)14/h2-5,8-11H,(H,12,13,14)/t2-,3+,4+,5?,6+/m0/s1. The lowest BCUT2D eigenvalue weighted by atomic mass is 9.89. The van der Waals surface area contributed by atoms with Crippen LogP contribution < -0.4 is 0 Å². The summed E-state index contributed by atoms with van der Waals surface area (Å²) in [5.41, 5.74) is -5.38. The minimum atomic E-state index is -4.97. The summed E-state index contributed by atoms with van der Waals surface area (Å²) in [6.07, 6.45) is -6.89. The van der Waals surface area contributed by atoms with Crippen molar-refractivity contribution in [3.63, 3.8) is 0 Å². The van der Waals surface area contributed by atoms with Crippen molar-refractivity contribution in [2.75, 3.05) is 0 Å². The highest BCUT2D eigenvalue weighted by Crippen LogP contribution is 2.30. The van der Waals surface area contributed by atoms with Gasteiger partial charge in [0.1, 0.15) is 18.3 Å². The van der Waals surface area contributed by atoms with Gasteiger partial charge in [0.15, 0.2) is 6.29 Å². The highest BCUT2D eigenvalue weighted by molar-refractivity contribution is 7.86. The van der Waals surface area contributed by atoms with E-state index in [-0.39, 0.29) is 0 Å². The van der Waals surface area contributed by atoms with E-state index in [1.165, 1.54) is 0 Å². The van der Waals surface area contributed by atoms with Gasteiger partial charge < -0.3 is 25.2 Å². The van der Waals surface area contributed by atoms with Crippen molar-refractivity contribution in [3.05, 3.63) is 0 Å². The highest BCUT2D eigenvalue weighted by Gasteiger charge is 2.59. The smallest absolute Gasteiger partial charge is 0.295 e. The summed E-state index contributed by atoms with van der Waals surface area (Å²) in [5.74, 6) is 0. The Balaban J connectivity index is 3.20. The topological polar surface area (TPSA) is 168 Å². The number of aliphatic hydroxyl groups is 4. The summed E-state index contributed by atoms with van der Waals surface area (Å²) >= 11 is 0. The van der Waals surface area contributed by atoms with E-state index in [1.54, 1.807) is 0 Å². The van der Waals surface area contributed by atoms with Crippen molar-refractivity contribution in [1.82, 2.24) is 0 Å². The molecule has 0 aromatic heterocycles. The Kier molecular flexibility index (Phi) is 3.23. The number of ether oxygens (including phenoxy) is 1. The van der Waals surface area contributed by atoms with Gasteiger partial charge in [-0.1, -0.05) is 0 Å². The molecule has 0 radical (unpaired) electrons. The first kappa shape index (κ1) is 13.3. The molecular weight excluding hydrogens is 246 g/mol. The van der Waals surface area contributed by atoms with Crippen molar-refractivity contribution >= 4 is 10.1 Å². The highest BCUT2D eigenvalue weighted by atomic mass is 32.2. The van der Waals surface area contributed by atoms with Crippen LogP contribution in [0, 0.1) is 11.3 Å². The zero-order chi connectivity index (χ0) is 12.7. The minimum Gasteiger partial charge on any atom is -0.385 e. The van der Waals surface area contributed by atoms with E-state index in [1.807, 2.05) is 0 Å². The number of rotatable bonds is 1. The molecule has 1 saturated heterocycles. The molecule has 0 aromatic carbocycles. The fourth-order valence-corrected chi connectivity index (χ4v) is 2.04. The van der Waals surface area contributed by atoms with Crippen molar-refractivity contribution in [3.8, 4) is 6.07 Å². The van der Waals surface area contributed by atoms with Gasteiger partial charge in [0.2, 0.25) is 11.0 Å². The van der Waals surface area contributed by atoms with Crippen LogP contribution in [0.2, 0.25) is 0 Å². The maximum Gasteiger partial charge on any atom is 0.295 e. The number of nitriles is 1. The minimum absolute atomic E-state index is 1.05. The Morgan fingerprint density at radius 1 is 1.25 bits per heavy atom. The quantitative estimate of drug-likeness (QED) is 0.236. The lowest BCUT2D eigenvalue weighted by molar-refractivity contribution is -0.285. The van der Waals surface area contributed by atoms with Gasteiger partial charge in [-0.15, -0.1) is 0 Å². The molecule has 0 saturated carbocycles. The molecule has 1 unspecified atom stereocenters. The average molecular weight is 255 g/mol. The first-order valence-corrected chi connectivity index (χ1v) is 5.44. The molecule has 1 aliphatic rings. The van der Waals surface area contributed by atoms with Crippen LogP contribution in [0.15, 0.2) is 0 Å². The third-order valence-corrected chi connectivity index (χ3v) is 3.13. The zero-order valence-corrected chi connectivity index (χ0v) is 8.44. The van der Waals surface area contributed by atoms with Crippen LogP contribution in [0.25, 0.3) is 0 Å². The molecule has 0 spiro atoms. The Labute approximate surface area is 89.9 Å². The summed E-state index contributed by atoms with van der Waals surface area (Å²) in [7, 11) is -4.97. The first-order chi connectivity index (χ1) is 7.14. The number of hydrogen-bond donors (Lipinski definition) is 5. The summed E-state index contributed by atoms with van der Waals surface area (Å²) in [4.78, 5) is 0. The molecule has 1 heterocycles. The predicted molar refractivity (Wildman–Crippen MR) is 45.0 cm³/mol. The molecule has 10 heteroatoms. The molecule has 1 fully saturated rings. The third-order valence-electron chi connectivity index (χ3n) is 2.18. The van der Waals surface area contributed by atoms with Gasteiger partial charge in [-0.25, -0.2) is 0 Å². The van der Waals surface area contributed by atoms with Crippen LogP contribution in [0.5, 0.6) is 0 Å². The molecule has 16 heavy (non-hydrogen) atoms. The van der Waals surface area contributed by atoms with Crippen LogP contribution in [-0.4, -0.2) is 62.9 Å². The zero-order valence-electron chi connectivity index (χ0n) is 7.63. The monoisotopic (exact) mass is 255 g/mol. The predicted octanol–water partition coefficient (Wildman–Crippen LogP) is -3.47. The molecule has 0 bridgehead atoms. The summed E-state index contributed by atoms with van der Waals surface area (Å²) < 4.78 is 34.2. The molecule has 1 rings (SSSR count). The van der Waals surface area contributed by atoms with Crippen LogP contribution in [0.1, 0.15) is 0 Å². The summed E-state index contributed by atoms with van der Waals surface area (Å²) in [6, 6.07) is 1.05. The second-order valence-corrected chi connectivity index (χ2v) is 4.73. The molecule has 5 atom stereocenters. The van der Waals surface area contributed by atoms with Crippen LogP contribution in [0.3, 0.4) is 0 Å². The Morgan fingerprint density at radius 2 is 1.75 bits per heavy atom. The van der Waals surface area contributed by atoms with E-state index in [2.05, 4.69) is 4.74 Å². The second kappa shape index (κ2) is 3.90. The van der Waals surface area contributed by atoms with Gasteiger partial charge in [-0.05, 0) is 0 Å². The fraction of sp³-hybridized carbons (Fsp3) is 0.833. The molecule has 5 N–H and O–H groups in total. The normalized spacial score (nSPS) is 45.0. The molecule has 92 valence electrons. The maximum absolute atomic E-state index is 10.7. The van der Waals surface area contributed by atoms with Gasteiger partial charge in [0, 0.05) is 0 Å². The Bertz CT molecular complexity index is 415. The molecule has 9 nitrogen and oxygen atoms in total. The molecule has 0 aliphatic carbocycles. The Morgan fingerprint density at radius 3 is 2.12 bits per heavy atom. The van der Waals surface area contributed by atoms with E-state index >= 15 is 0 Å².